The number of nitrogens with zero attached hydrogens (tertiary/aromatic N) is 2. The summed E-state index contributed by atoms with van der Waals surface area (Å²) in [5, 5.41) is 22.5. The van der Waals surface area contributed by atoms with E-state index in [9.17, 15) is 34.2 Å². The van der Waals surface area contributed by atoms with Crippen LogP contribution in [0.4, 0.5) is 0 Å². The summed E-state index contributed by atoms with van der Waals surface area (Å²) in [4.78, 5) is 69.5. The van der Waals surface area contributed by atoms with E-state index in [0.29, 0.717) is 23.4 Å². The van der Waals surface area contributed by atoms with Crippen molar-refractivity contribution in [1.29, 1.82) is 0 Å². The molecule has 1 aromatic carbocycles. The highest BCUT2D eigenvalue weighted by atomic mass is 16.5. The third kappa shape index (κ3) is 3.79. The Hall–Kier alpha value is -3.15. The van der Waals surface area contributed by atoms with Gasteiger partial charge in [-0.1, -0.05) is 6.92 Å². The van der Waals surface area contributed by atoms with E-state index in [1.54, 1.807) is 14.1 Å². The fourth-order valence-corrected chi connectivity index (χ4v) is 6.49. The van der Waals surface area contributed by atoms with Crippen LogP contribution in [0.15, 0.2) is 6.07 Å². The van der Waals surface area contributed by atoms with Gasteiger partial charge in [-0.2, -0.15) is 0 Å². The molecule has 37 heavy (non-hydrogen) atoms. The third-order valence-corrected chi connectivity index (χ3v) is 8.27. The van der Waals surface area contributed by atoms with E-state index < -0.39 is 64.4 Å². The second-order valence-corrected chi connectivity index (χ2v) is 10.6. The SMILES string of the molecule is CCN(C)Cc1cc(O)c2c(c1OC)C[C@H]1C[C@H]3[C@H](N(C)C)C(=O)C(C(N)=O)C(=O)[C@@]3(O)C(=O)C1C2=O. The highest BCUT2D eigenvalue weighted by Crippen LogP contribution is 2.52. The molecule has 0 bridgehead atoms. The van der Waals surface area contributed by atoms with Crippen LogP contribution in [-0.4, -0.2) is 95.5 Å². The Morgan fingerprint density at radius 2 is 1.84 bits per heavy atom. The first-order valence-corrected chi connectivity index (χ1v) is 12.3. The Morgan fingerprint density at radius 1 is 1.19 bits per heavy atom. The van der Waals surface area contributed by atoms with E-state index in [1.165, 1.54) is 18.1 Å². The van der Waals surface area contributed by atoms with Crippen LogP contribution in [0.25, 0.3) is 0 Å². The fourth-order valence-electron chi connectivity index (χ4n) is 6.49. The van der Waals surface area contributed by atoms with Crippen LogP contribution in [0, 0.1) is 23.7 Å². The van der Waals surface area contributed by atoms with Crippen molar-refractivity contribution >= 4 is 29.0 Å². The number of nitrogens with two attached hydrogens (primary N) is 1. The van der Waals surface area contributed by atoms with Crippen molar-refractivity contribution in [2.75, 3.05) is 34.8 Å². The Kier molecular flexibility index (Phi) is 6.76. The summed E-state index contributed by atoms with van der Waals surface area (Å²) in [6.07, 6.45) is 0.152. The number of rotatable bonds is 6. The molecule has 0 aliphatic heterocycles. The van der Waals surface area contributed by atoms with Crippen molar-refractivity contribution in [3.63, 3.8) is 0 Å². The number of ether oxygens (including phenoxy) is 1. The van der Waals surface area contributed by atoms with E-state index >= 15 is 0 Å². The van der Waals surface area contributed by atoms with Crippen LogP contribution >= 0.6 is 0 Å². The summed E-state index contributed by atoms with van der Waals surface area (Å²) in [6, 6.07) is 0.295. The molecular formula is C26H33N3O8. The first-order valence-electron chi connectivity index (χ1n) is 12.3. The number of carbonyl (C=O) groups excluding carboxylic acids is 5. The highest BCUT2D eigenvalue weighted by molar-refractivity contribution is 6.32. The summed E-state index contributed by atoms with van der Waals surface area (Å²) < 4.78 is 5.67. The molecule has 0 aromatic heterocycles. The number of hydrogen-bond acceptors (Lipinski definition) is 10. The number of likely N-dealkylation sites (N-methyl/N-ethyl adjacent to an activating group) is 1. The number of aliphatic hydroxyl groups is 1. The number of primary amides is 1. The quantitative estimate of drug-likeness (QED) is 0.413. The number of phenols is 1. The maximum Gasteiger partial charge on any atom is 0.235 e. The van der Waals surface area contributed by atoms with Gasteiger partial charge in [0.25, 0.3) is 0 Å². The maximum atomic E-state index is 13.8. The van der Waals surface area contributed by atoms with Crippen molar-refractivity contribution in [2.45, 2.75) is 38.0 Å². The maximum absolute atomic E-state index is 13.8. The molecule has 6 atom stereocenters. The number of fused-ring (bicyclic) bond motifs is 3. The molecule has 2 fully saturated rings. The van der Waals surface area contributed by atoms with E-state index in [4.69, 9.17) is 10.5 Å². The number of phenolic OH excluding ortho intramolecular Hbond substituents is 1. The molecule has 1 aromatic rings. The van der Waals surface area contributed by atoms with Gasteiger partial charge in [0.05, 0.1) is 24.6 Å². The zero-order chi connectivity index (χ0) is 27.6. The lowest BCUT2D eigenvalue weighted by Crippen LogP contribution is -2.74. The normalized spacial score (nSPS) is 31.3. The van der Waals surface area contributed by atoms with Crippen LogP contribution in [0.1, 0.15) is 34.8 Å². The lowest BCUT2D eigenvalue weighted by atomic mass is 9.52. The molecule has 11 heteroatoms. The van der Waals surface area contributed by atoms with Gasteiger partial charge in [-0.3, -0.25) is 28.9 Å². The average Bonchev–Trinajstić information content (AvgIpc) is 2.80. The first-order chi connectivity index (χ1) is 17.3. The van der Waals surface area contributed by atoms with Crippen molar-refractivity contribution in [3.8, 4) is 11.5 Å². The van der Waals surface area contributed by atoms with Crippen molar-refractivity contribution in [2.24, 2.45) is 29.4 Å². The van der Waals surface area contributed by atoms with Gasteiger partial charge in [0.1, 0.15) is 11.5 Å². The van der Waals surface area contributed by atoms with Gasteiger partial charge < -0.3 is 25.6 Å². The molecule has 0 saturated heterocycles. The predicted octanol–water partition coefficient (Wildman–Crippen LogP) is -0.673. The summed E-state index contributed by atoms with van der Waals surface area (Å²) in [5.41, 5.74) is 3.64. The zero-order valence-electron chi connectivity index (χ0n) is 21.6. The molecule has 1 amide bonds. The van der Waals surface area contributed by atoms with Crippen molar-refractivity contribution < 1.29 is 38.9 Å². The van der Waals surface area contributed by atoms with Gasteiger partial charge in [-0.05, 0) is 52.5 Å². The topological polar surface area (TPSA) is 168 Å². The van der Waals surface area contributed by atoms with Gasteiger partial charge in [0.2, 0.25) is 5.91 Å². The molecule has 4 N–H and O–H groups in total. The van der Waals surface area contributed by atoms with Gasteiger partial charge in [-0.25, -0.2) is 0 Å². The first kappa shape index (κ1) is 26.9. The van der Waals surface area contributed by atoms with Crippen molar-refractivity contribution in [3.05, 3.63) is 22.8 Å². The molecule has 0 heterocycles. The molecular weight excluding hydrogens is 482 g/mol. The molecule has 200 valence electrons. The molecule has 0 spiro atoms. The number of hydrogen-bond donors (Lipinski definition) is 3. The monoisotopic (exact) mass is 515 g/mol. The van der Waals surface area contributed by atoms with E-state index in [1.807, 2.05) is 18.9 Å². The molecule has 4 rings (SSSR count). The van der Waals surface area contributed by atoms with Gasteiger partial charge in [-0.15, -0.1) is 0 Å². The lowest BCUT2D eigenvalue weighted by Gasteiger charge is -2.52. The Labute approximate surface area is 214 Å². The fraction of sp³-hybridized carbons (Fsp3) is 0.577. The number of ketones is 4. The Bertz CT molecular complexity index is 1210. The van der Waals surface area contributed by atoms with E-state index in [2.05, 4.69) is 0 Å². The lowest BCUT2D eigenvalue weighted by molar-refractivity contribution is -0.181. The third-order valence-electron chi connectivity index (χ3n) is 8.27. The minimum absolute atomic E-state index is 0.00704. The molecule has 11 nitrogen and oxygen atoms in total. The van der Waals surface area contributed by atoms with Crippen LogP contribution < -0.4 is 10.5 Å². The molecule has 3 aliphatic rings. The summed E-state index contributed by atoms with van der Waals surface area (Å²) in [6.45, 7) is 3.16. The molecule has 2 unspecified atom stereocenters. The van der Waals surface area contributed by atoms with Crippen molar-refractivity contribution in [1.82, 2.24) is 9.80 Å². The summed E-state index contributed by atoms with van der Waals surface area (Å²) in [5.74, 6) is -10.2. The number of aromatic hydroxyl groups is 1. The van der Waals surface area contributed by atoms with E-state index in [-0.39, 0.29) is 24.2 Å². The van der Waals surface area contributed by atoms with Crippen LogP contribution in [-0.2, 0) is 32.1 Å². The minimum Gasteiger partial charge on any atom is -0.507 e. The average molecular weight is 516 g/mol. The van der Waals surface area contributed by atoms with Crippen LogP contribution in [0.2, 0.25) is 0 Å². The number of carbonyl (C=O) groups is 5. The standard InChI is InChI=1S/C26H33N3O8/c1-6-29(4)10-12-9-15(30)17-13(22(12)37-5)7-11-8-14-19(28(2)3)21(32)18(25(27)35)24(34)26(14,36)23(33)16(11)20(17)31/h9,11,14,16,18-19,30,36H,6-8,10H2,1-5H3,(H2,27,35)/t11-,14-,16?,18?,19-,26-/m0/s1. The van der Waals surface area contributed by atoms with Gasteiger partial charge in [0.15, 0.2) is 34.7 Å². The highest BCUT2D eigenvalue weighted by Gasteiger charge is 2.69. The molecule has 2 saturated carbocycles. The van der Waals surface area contributed by atoms with Crippen LogP contribution in [0.3, 0.4) is 0 Å². The minimum atomic E-state index is -2.74. The van der Waals surface area contributed by atoms with E-state index in [0.717, 1.165) is 6.54 Å². The summed E-state index contributed by atoms with van der Waals surface area (Å²) >= 11 is 0. The number of benzene rings is 1. The summed E-state index contributed by atoms with van der Waals surface area (Å²) in [7, 11) is 6.46. The second kappa shape index (κ2) is 9.30. The van der Waals surface area contributed by atoms with Crippen LogP contribution in [0.5, 0.6) is 11.5 Å². The Balaban J connectivity index is 1.86. The second-order valence-electron chi connectivity index (χ2n) is 10.6. The predicted molar refractivity (Wildman–Crippen MR) is 130 cm³/mol. The van der Waals surface area contributed by atoms with Gasteiger partial charge in [0, 0.05) is 23.6 Å². The smallest absolute Gasteiger partial charge is 0.235 e. The number of amides is 1. The zero-order valence-corrected chi connectivity index (χ0v) is 21.6. The number of Topliss-reactive ketones (excluding diaryl/α,β-unsaturated/α-hetero) is 4. The van der Waals surface area contributed by atoms with Gasteiger partial charge >= 0.3 is 0 Å². The molecule has 0 radical (unpaired) electrons. The largest absolute Gasteiger partial charge is 0.507 e. The number of methoxy groups -OCH3 is 1. The Morgan fingerprint density at radius 3 is 2.38 bits per heavy atom. The molecule has 3 aliphatic carbocycles.